The minimum absolute atomic E-state index is 0.0510. The smallest absolute Gasteiger partial charge is 0.407 e. The van der Waals surface area contributed by atoms with Gasteiger partial charge in [0.15, 0.2) is 0 Å². The summed E-state index contributed by atoms with van der Waals surface area (Å²) < 4.78 is 6.84. The Labute approximate surface area is 118 Å². The topological polar surface area (TPSA) is 89.3 Å². The Balaban J connectivity index is 1.73. The fourth-order valence-electron chi connectivity index (χ4n) is 1.97. The number of hydrogen-bond acceptors (Lipinski definition) is 5. The van der Waals surface area contributed by atoms with Crippen molar-refractivity contribution in [3.05, 3.63) is 11.9 Å². The Hall–Kier alpha value is -1.63. The van der Waals surface area contributed by atoms with Crippen molar-refractivity contribution in [3.63, 3.8) is 0 Å². The van der Waals surface area contributed by atoms with Crippen LogP contribution in [0, 0.1) is 0 Å². The van der Waals surface area contributed by atoms with Crippen LogP contribution >= 0.6 is 0 Å². The van der Waals surface area contributed by atoms with Gasteiger partial charge >= 0.3 is 6.09 Å². The summed E-state index contributed by atoms with van der Waals surface area (Å²) in [5.74, 6) is 0. The molecule has 0 saturated heterocycles. The van der Waals surface area contributed by atoms with Gasteiger partial charge in [0.1, 0.15) is 5.60 Å². The van der Waals surface area contributed by atoms with Crippen molar-refractivity contribution in [3.8, 4) is 0 Å². The van der Waals surface area contributed by atoms with Crippen LogP contribution < -0.4 is 5.32 Å². The summed E-state index contributed by atoms with van der Waals surface area (Å²) in [4.78, 5) is 11.5. The zero-order chi connectivity index (χ0) is 14.8. The molecule has 20 heavy (non-hydrogen) atoms. The third-order valence-corrected chi connectivity index (χ3v) is 3.15. The van der Waals surface area contributed by atoms with Gasteiger partial charge in [-0.2, -0.15) is 0 Å². The molecule has 112 valence electrons. The fraction of sp³-hybridized carbons (Fsp3) is 0.769. The van der Waals surface area contributed by atoms with Gasteiger partial charge < -0.3 is 15.2 Å². The highest BCUT2D eigenvalue weighted by molar-refractivity contribution is 5.67. The lowest BCUT2D eigenvalue weighted by Crippen LogP contribution is -2.34. The second-order valence-corrected chi connectivity index (χ2v) is 6.08. The minimum atomic E-state index is -0.492. The molecule has 1 saturated carbocycles. The summed E-state index contributed by atoms with van der Waals surface area (Å²) >= 11 is 0. The second kappa shape index (κ2) is 5.78. The van der Waals surface area contributed by atoms with E-state index in [0.29, 0.717) is 13.0 Å². The van der Waals surface area contributed by atoms with Crippen molar-refractivity contribution in [1.82, 2.24) is 20.3 Å². The Morgan fingerprint density at radius 2 is 2.30 bits per heavy atom. The highest BCUT2D eigenvalue weighted by atomic mass is 16.6. The number of nitrogens with one attached hydrogen (secondary N) is 1. The first kappa shape index (κ1) is 14.8. The third kappa shape index (κ3) is 3.93. The lowest BCUT2D eigenvalue weighted by Gasteiger charge is -2.31. The van der Waals surface area contributed by atoms with Gasteiger partial charge in [-0.25, -0.2) is 9.48 Å². The SMILES string of the molecule is CC(C)(C)OC(=O)NCCc1cn(C2CCC2O)nn1. The van der Waals surface area contributed by atoms with E-state index in [9.17, 15) is 9.90 Å². The summed E-state index contributed by atoms with van der Waals surface area (Å²) in [5.41, 5.74) is 0.299. The van der Waals surface area contributed by atoms with Gasteiger partial charge in [0.2, 0.25) is 0 Å². The number of carbonyl (C=O) groups excluding carboxylic acids is 1. The van der Waals surface area contributed by atoms with Crippen molar-refractivity contribution in [1.29, 1.82) is 0 Å². The molecule has 1 aliphatic carbocycles. The number of aromatic nitrogens is 3. The van der Waals surface area contributed by atoms with Crippen LogP contribution in [0.5, 0.6) is 0 Å². The van der Waals surface area contributed by atoms with E-state index in [-0.39, 0.29) is 12.1 Å². The molecule has 1 amide bonds. The molecule has 7 nitrogen and oxygen atoms in total. The molecule has 1 aromatic heterocycles. The molecule has 0 bridgehead atoms. The number of aliphatic hydroxyl groups excluding tert-OH is 1. The van der Waals surface area contributed by atoms with E-state index in [1.54, 1.807) is 4.68 Å². The van der Waals surface area contributed by atoms with Crippen molar-refractivity contribution in [2.45, 2.75) is 57.8 Å². The third-order valence-electron chi connectivity index (χ3n) is 3.15. The minimum Gasteiger partial charge on any atom is -0.444 e. The number of nitrogens with zero attached hydrogens (tertiary/aromatic N) is 3. The molecule has 1 aliphatic rings. The number of ether oxygens (including phenoxy) is 1. The summed E-state index contributed by atoms with van der Waals surface area (Å²) in [7, 11) is 0. The van der Waals surface area contributed by atoms with Crippen LogP contribution in [-0.2, 0) is 11.2 Å². The van der Waals surface area contributed by atoms with Gasteiger partial charge in [0.05, 0.1) is 17.8 Å². The highest BCUT2D eigenvalue weighted by Crippen LogP contribution is 2.31. The molecule has 1 aromatic rings. The molecule has 2 atom stereocenters. The maximum Gasteiger partial charge on any atom is 0.407 e. The van der Waals surface area contributed by atoms with Gasteiger partial charge in [-0.1, -0.05) is 5.21 Å². The Morgan fingerprint density at radius 1 is 1.55 bits per heavy atom. The molecular weight excluding hydrogens is 260 g/mol. The van der Waals surface area contributed by atoms with Crippen LogP contribution in [0.1, 0.15) is 45.3 Å². The van der Waals surface area contributed by atoms with Gasteiger partial charge in [0, 0.05) is 19.2 Å². The Kier molecular flexibility index (Phi) is 4.27. The van der Waals surface area contributed by atoms with E-state index in [1.807, 2.05) is 27.0 Å². The zero-order valence-electron chi connectivity index (χ0n) is 12.2. The fourth-order valence-corrected chi connectivity index (χ4v) is 1.97. The van der Waals surface area contributed by atoms with Crippen molar-refractivity contribution >= 4 is 6.09 Å². The summed E-state index contributed by atoms with van der Waals surface area (Å²) in [6.07, 6.45) is 3.41. The van der Waals surface area contributed by atoms with Crippen LogP contribution in [0.3, 0.4) is 0 Å². The van der Waals surface area contributed by atoms with E-state index >= 15 is 0 Å². The lowest BCUT2D eigenvalue weighted by atomic mass is 9.89. The van der Waals surface area contributed by atoms with E-state index in [0.717, 1.165) is 18.5 Å². The normalized spacial score (nSPS) is 22.2. The highest BCUT2D eigenvalue weighted by Gasteiger charge is 2.31. The van der Waals surface area contributed by atoms with Gasteiger partial charge in [-0.3, -0.25) is 0 Å². The molecule has 0 aliphatic heterocycles. The van der Waals surface area contributed by atoms with Crippen molar-refractivity contribution in [2.24, 2.45) is 0 Å². The van der Waals surface area contributed by atoms with Gasteiger partial charge in [0.25, 0.3) is 0 Å². The molecule has 7 heteroatoms. The van der Waals surface area contributed by atoms with Crippen LogP contribution in [0.2, 0.25) is 0 Å². The van der Waals surface area contributed by atoms with Crippen LogP contribution in [-0.4, -0.2) is 44.4 Å². The summed E-state index contributed by atoms with van der Waals surface area (Å²) in [6.45, 7) is 5.91. The summed E-state index contributed by atoms with van der Waals surface area (Å²) in [5, 5.41) is 20.3. The number of rotatable bonds is 4. The Bertz CT molecular complexity index is 466. The predicted octanol–water partition coefficient (Wildman–Crippen LogP) is 1.04. The van der Waals surface area contributed by atoms with Crippen LogP contribution in [0.25, 0.3) is 0 Å². The quantitative estimate of drug-likeness (QED) is 0.861. The number of aliphatic hydroxyl groups is 1. The van der Waals surface area contributed by atoms with Crippen LogP contribution in [0.15, 0.2) is 6.20 Å². The Morgan fingerprint density at radius 3 is 2.85 bits per heavy atom. The molecule has 1 fully saturated rings. The van der Waals surface area contributed by atoms with E-state index in [2.05, 4.69) is 15.6 Å². The monoisotopic (exact) mass is 282 g/mol. The molecule has 1 heterocycles. The number of hydrogen-bond donors (Lipinski definition) is 2. The van der Waals surface area contributed by atoms with Gasteiger partial charge in [-0.15, -0.1) is 5.10 Å². The number of amides is 1. The molecule has 2 N–H and O–H groups in total. The van der Waals surface area contributed by atoms with E-state index in [4.69, 9.17) is 4.74 Å². The standard InChI is InChI=1S/C13H22N4O3/c1-13(2,3)20-12(19)14-7-6-9-8-17(16-15-9)10-4-5-11(10)18/h8,10-11,18H,4-7H2,1-3H3,(H,14,19). The first-order chi connectivity index (χ1) is 9.35. The molecule has 2 unspecified atom stereocenters. The first-order valence-electron chi connectivity index (χ1n) is 6.91. The first-order valence-corrected chi connectivity index (χ1v) is 6.91. The van der Waals surface area contributed by atoms with Gasteiger partial charge in [-0.05, 0) is 33.6 Å². The molecule has 0 aromatic carbocycles. The van der Waals surface area contributed by atoms with Crippen molar-refractivity contribution < 1.29 is 14.6 Å². The van der Waals surface area contributed by atoms with Crippen LogP contribution in [0.4, 0.5) is 4.79 Å². The average molecular weight is 282 g/mol. The molecule has 0 spiro atoms. The second-order valence-electron chi connectivity index (χ2n) is 6.08. The maximum atomic E-state index is 11.5. The molecule has 0 radical (unpaired) electrons. The number of alkyl carbamates (subject to hydrolysis) is 1. The molecule has 2 rings (SSSR count). The maximum absolute atomic E-state index is 11.5. The van der Waals surface area contributed by atoms with E-state index < -0.39 is 11.7 Å². The lowest BCUT2D eigenvalue weighted by molar-refractivity contribution is 0.0244. The number of carbonyl (C=O) groups is 1. The van der Waals surface area contributed by atoms with Crippen molar-refractivity contribution in [2.75, 3.05) is 6.54 Å². The largest absolute Gasteiger partial charge is 0.444 e. The average Bonchev–Trinajstić information content (AvgIpc) is 2.73. The predicted molar refractivity (Wildman–Crippen MR) is 72.2 cm³/mol. The van der Waals surface area contributed by atoms with E-state index in [1.165, 1.54) is 0 Å². The zero-order valence-corrected chi connectivity index (χ0v) is 12.2. The molecular formula is C13H22N4O3. The summed E-state index contributed by atoms with van der Waals surface area (Å²) in [6, 6.07) is 0.0510.